The number of carbonyl (C=O) groups excluding carboxylic acids is 1. The van der Waals surface area contributed by atoms with E-state index in [1.54, 1.807) is 7.11 Å². The molecule has 0 aliphatic heterocycles. The van der Waals surface area contributed by atoms with Crippen molar-refractivity contribution in [1.29, 1.82) is 0 Å². The summed E-state index contributed by atoms with van der Waals surface area (Å²) in [6.07, 6.45) is 4.63. The number of methoxy groups -OCH3 is 1. The van der Waals surface area contributed by atoms with Crippen molar-refractivity contribution in [2.24, 2.45) is 5.92 Å². The van der Waals surface area contributed by atoms with E-state index in [0.717, 1.165) is 34.4 Å². The number of ether oxygens (including phenoxy) is 1. The third-order valence-corrected chi connectivity index (χ3v) is 8.17. The fraction of sp³-hybridized carbons (Fsp3) is 0.341. The Morgan fingerprint density at radius 3 is 1.89 bits per heavy atom. The highest BCUT2D eigenvalue weighted by molar-refractivity contribution is 5.92. The number of hydrogen-bond donors (Lipinski definition) is 1. The number of hydrogen-bond acceptors (Lipinski definition) is 3. The van der Waals surface area contributed by atoms with Crippen molar-refractivity contribution in [3.63, 3.8) is 0 Å². The van der Waals surface area contributed by atoms with Gasteiger partial charge in [-0.1, -0.05) is 135 Å². The summed E-state index contributed by atoms with van der Waals surface area (Å²) >= 11 is 0. The molecule has 0 amide bonds. The molecule has 4 atom stereocenters. The summed E-state index contributed by atoms with van der Waals surface area (Å²) in [5, 5.41) is 10.7. The molecule has 232 valence electrons. The first-order valence-electron chi connectivity index (χ1n) is 16.1. The van der Waals surface area contributed by atoms with E-state index in [1.807, 2.05) is 83.2 Å². The van der Waals surface area contributed by atoms with Crippen molar-refractivity contribution < 1.29 is 14.6 Å². The number of rotatable bonds is 8. The van der Waals surface area contributed by atoms with Crippen LogP contribution in [0.5, 0.6) is 5.75 Å². The molecule has 0 aromatic heterocycles. The molecule has 44 heavy (non-hydrogen) atoms. The van der Waals surface area contributed by atoms with Gasteiger partial charge in [0.15, 0.2) is 0 Å². The second kappa shape index (κ2) is 16.8. The Morgan fingerprint density at radius 1 is 0.750 bits per heavy atom. The SMILES string of the molecule is CC.CC.COc1ccc([C@H]2CC(c3ccc(-c4cc(C)cc(C)c4)cc3)C(=O)[C@@H]2/C=C/C[C@H](O)c2ccc(C)cc2)cc1. The maximum atomic E-state index is 13.9. The molecule has 3 heteroatoms. The van der Waals surface area contributed by atoms with Gasteiger partial charge in [-0.15, -0.1) is 0 Å². The Labute approximate surface area is 265 Å². The smallest absolute Gasteiger partial charge is 0.147 e. The van der Waals surface area contributed by atoms with Crippen molar-refractivity contribution in [1.82, 2.24) is 0 Å². The minimum absolute atomic E-state index is 0.0651. The van der Waals surface area contributed by atoms with E-state index in [4.69, 9.17) is 4.74 Å². The molecule has 0 saturated heterocycles. The number of allylic oxidation sites excluding steroid dienone is 1. The van der Waals surface area contributed by atoms with E-state index in [1.165, 1.54) is 22.3 Å². The van der Waals surface area contributed by atoms with Crippen LogP contribution in [0.15, 0.2) is 103 Å². The molecule has 1 unspecified atom stereocenters. The summed E-state index contributed by atoms with van der Waals surface area (Å²) in [4.78, 5) is 13.9. The zero-order valence-corrected chi connectivity index (χ0v) is 27.8. The molecular weight excluding hydrogens is 540 g/mol. The average molecular weight is 591 g/mol. The molecule has 4 aromatic rings. The molecule has 1 fully saturated rings. The lowest BCUT2D eigenvalue weighted by molar-refractivity contribution is -0.120. The normalized spacial score (nSPS) is 18.2. The van der Waals surface area contributed by atoms with E-state index < -0.39 is 6.10 Å². The van der Waals surface area contributed by atoms with Gasteiger partial charge in [0, 0.05) is 11.8 Å². The van der Waals surface area contributed by atoms with Crippen molar-refractivity contribution in [3.05, 3.63) is 137 Å². The number of ketones is 1. The molecule has 0 bridgehead atoms. The predicted molar refractivity (Wildman–Crippen MR) is 186 cm³/mol. The summed E-state index contributed by atoms with van der Waals surface area (Å²) in [5.41, 5.74) is 9.11. The number of Topliss-reactive ketones (excluding diaryl/α,β-unsaturated/α-hetero) is 1. The van der Waals surface area contributed by atoms with E-state index in [0.29, 0.717) is 6.42 Å². The first-order chi connectivity index (χ1) is 21.3. The number of aliphatic hydroxyl groups is 1. The van der Waals surface area contributed by atoms with Crippen LogP contribution in [0.1, 0.15) is 91.9 Å². The number of aryl methyl sites for hydroxylation is 3. The van der Waals surface area contributed by atoms with Gasteiger partial charge in [0.1, 0.15) is 11.5 Å². The Bertz CT molecular complexity index is 1460. The Kier molecular flexibility index (Phi) is 13.2. The molecule has 1 aliphatic carbocycles. The average Bonchev–Trinajstić information content (AvgIpc) is 3.38. The molecule has 1 N–H and O–H groups in total. The maximum Gasteiger partial charge on any atom is 0.147 e. The summed E-state index contributed by atoms with van der Waals surface area (Å²) in [7, 11) is 1.66. The second-order valence-corrected chi connectivity index (χ2v) is 11.2. The van der Waals surface area contributed by atoms with Crippen LogP contribution in [0, 0.1) is 26.7 Å². The van der Waals surface area contributed by atoms with Gasteiger partial charge in [0.25, 0.3) is 0 Å². The van der Waals surface area contributed by atoms with E-state index >= 15 is 0 Å². The minimum Gasteiger partial charge on any atom is -0.497 e. The number of carbonyl (C=O) groups is 1. The molecule has 1 aliphatic rings. The Balaban J connectivity index is 0.00000127. The van der Waals surface area contributed by atoms with Gasteiger partial charge in [0.2, 0.25) is 0 Å². The summed E-state index contributed by atoms with van der Waals surface area (Å²) < 4.78 is 5.36. The van der Waals surface area contributed by atoms with E-state index in [9.17, 15) is 9.90 Å². The highest BCUT2D eigenvalue weighted by atomic mass is 16.5. The topological polar surface area (TPSA) is 46.5 Å². The van der Waals surface area contributed by atoms with Crippen LogP contribution < -0.4 is 4.74 Å². The van der Waals surface area contributed by atoms with Crippen LogP contribution in [0.3, 0.4) is 0 Å². The van der Waals surface area contributed by atoms with Gasteiger partial charge in [0.05, 0.1) is 13.2 Å². The third kappa shape index (κ3) is 8.57. The lowest BCUT2D eigenvalue weighted by Gasteiger charge is -2.16. The van der Waals surface area contributed by atoms with Crippen LogP contribution in [-0.4, -0.2) is 18.0 Å². The highest BCUT2D eigenvalue weighted by Gasteiger charge is 2.42. The van der Waals surface area contributed by atoms with Crippen LogP contribution >= 0.6 is 0 Å². The molecule has 0 spiro atoms. The molecule has 0 heterocycles. The van der Waals surface area contributed by atoms with Crippen molar-refractivity contribution in [2.75, 3.05) is 7.11 Å². The predicted octanol–water partition coefficient (Wildman–Crippen LogP) is 10.5. The van der Waals surface area contributed by atoms with Crippen LogP contribution in [0.2, 0.25) is 0 Å². The number of benzene rings is 4. The lowest BCUT2D eigenvalue weighted by atomic mass is 9.88. The van der Waals surface area contributed by atoms with E-state index in [2.05, 4.69) is 68.4 Å². The standard InChI is InChI=1S/C37H38O3.2C2H6/c1-24-8-10-30(11-9-24)36(38)7-5-6-33-34(28-16-18-32(40-4)19-17-28)23-35(37(33)39)29-14-12-27(13-15-29)31-21-25(2)20-26(3)22-31;2*1-2/h5-6,8-22,33-36,38H,7,23H2,1-4H3;2*1-2H3/b6-5+;;/t33-,34-,35?,36+;;/m1../s1. The second-order valence-electron chi connectivity index (χ2n) is 11.2. The largest absolute Gasteiger partial charge is 0.497 e. The van der Waals surface area contributed by atoms with Gasteiger partial charge < -0.3 is 9.84 Å². The zero-order valence-electron chi connectivity index (χ0n) is 27.8. The minimum atomic E-state index is -0.596. The van der Waals surface area contributed by atoms with Crippen LogP contribution in [-0.2, 0) is 4.79 Å². The third-order valence-electron chi connectivity index (χ3n) is 8.17. The molecule has 3 nitrogen and oxygen atoms in total. The Morgan fingerprint density at radius 2 is 1.32 bits per heavy atom. The van der Waals surface area contributed by atoms with Crippen LogP contribution in [0.25, 0.3) is 11.1 Å². The molecule has 0 radical (unpaired) electrons. The van der Waals surface area contributed by atoms with Gasteiger partial charge in [-0.3, -0.25) is 4.79 Å². The van der Waals surface area contributed by atoms with Gasteiger partial charge >= 0.3 is 0 Å². The summed E-state index contributed by atoms with van der Waals surface area (Å²) in [5.74, 6) is 0.691. The zero-order chi connectivity index (χ0) is 32.2. The first kappa shape index (κ1) is 34.5. The Hall–Kier alpha value is -3.95. The van der Waals surface area contributed by atoms with Gasteiger partial charge in [-0.2, -0.15) is 0 Å². The quantitative estimate of drug-likeness (QED) is 0.208. The molecule has 1 saturated carbocycles. The highest BCUT2D eigenvalue weighted by Crippen LogP contribution is 2.46. The monoisotopic (exact) mass is 590 g/mol. The van der Waals surface area contributed by atoms with Crippen molar-refractivity contribution >= 4 is 5.78 Å². The molecular formula is C41H50O3. The summed E-state index contributed by atoms with van der Waals surface area (Å²) in [6, 6.07) is 31.1. The number of aliphatic hydroxyl groups excluding tert-OH is 1. The first-order valence-corrected chi connectivity index (χ1v) is 16.1. The molecule has 5 rings (SSSR count). The van der Waals surface area contributed by atoms with Crippen molar-refractivity contribution in [2.45, 2.75) is 79.2 Å². The van der Waals surface area contributed by atoms with Gasteiger partial charge in [-0.05, 0) is 79.5 Å². The maximum absolute atomic E-state index is 13.9. The van der Waals surface area contributed by atoms with Crippen molar-refractivity contribution in [3.8, 4) is 16.9 Å². The lowest BCUT2D eigenvalue weighted by Crippen LogP contribution is -2.14. The van der Waals surface area contributed by atoms with E-state index in [-0.39, 0.29) is 23.5 Å². The van der Waals surface area contributed by atoms with Crippen LogP contribution in [0.4, 0.5) is 0 Å². The fourth-order valence-electron chi connectivity index (χ4n) is 6.00. The summed E-state index contributed by atoms with van der Waals surface area (Å²) in [6.45, 7) is 14.3. The fourth-order valence-corrected chi connectivity index (χ4v) is 6.00. The van der Waals surface area contributed by atoms with Gasteiger partial charge in [-0.25, -0.2) is 0 Å². The molecule has 4 aromatic carbocycles.